The second kappa shape index (κ2) is 6.71. The summed E-state index contributed by atoms with van der Waals surface area (Å²) in [6.07, 6.45) is 2.18. The van der Waals surface area contributed by atoms with Crippen LogP contribution in [0.2, 0.25) is 0 Å². The maximum atomic E-state index is 12.7. The standard InChI is InChI=1S/C14H21NO2S/c1-4-13(12(2)16)10-11-18(17,15-3)14-8-6-5-7-9-14/h5-13,16H,4H2,1-3H3/b11-10-/t12-,13+,18?/m0/s1. The minimum Gasteiger partial charge on any atom is -0.393 e. The SMILES string of the molecule is CC[C@H](/C=C\S(=O)(=NC)c1ccccc1)[C@H](C)O. The van der Waals surface area contributed by atoms with Crippen LogP contribution in [0.4, 0.5) is 0 Å². The zero-order valence-electron chi connectivity index (χ0n) is 11.1. The maximum absolute atomic E-state index is 12.7. The molecule has 1 unspecified atom stereocenters. The van der Waals surface area contributed by atoms with Gasteiger partial charge >= 0.3 is 0 Å². The van der Waals surface area contributed by atoms with Gasteiger partial charge in [0.15, 0.2) is 0 Å². The van der Waals surface area contributed by atoms with Crippen molar-refractivity contribution in [2.24, 2.45) is 10.3 Å². The Balaban J connectivity index is 3.06. The van der Waals surface area contributed by atoms with E-state index in [4.69, 9.17) is 0 Å². The lowest BCUT2D eigenvalue weighted by Crippen LogP contribution is -2.13. The molecular weight excluding hydrogens is 246 g/mol. The smallest absolute Gasteiger partial charge is 0.0963 e. The summed E-state index contributed by atoms with van der Waals surface area (Å²) in [7, 11) is -0.952. The number of aliphatic hydroxyl groups excluding tert-OH is 1. The molecule has 0 saturated heterocycles. The van der Waals surface area contributed by atoms with E-state index in [1.54, 1.807) is 19.4 Å². The van der Waals surface area contributed by atoms with Crippen LogP contribution in [-0.2, 0) is 9.73 Å². The number of benzene rings is 1. The third kappa shape index (κ3) is 3.68. The predicted molar refractivity (Wildman–Crippen MR) is 75.8 cm³/mol. The highest BCUT2D eigenvalue weighted by Gasteiger charge is 2.12. The van der Waals surface area contributed by atoms with Gasteiger partial charge < -0.3 is 5.11 Å². The lowest BCUT2D eigenvalue weighted by molar-refractivity contribution is 0.147. The number of aliphatic hydroxyl groups is 1. The minimum atomic E-state index is -2.51. The van der Waals surface area contributed by atoms with E-state index in [0.717, 1.165) is 6.42 Å². The van der Waals surface area contributed by atoms with Gasteiger partial charge in [0.25, 0.3) is 0 Å². The van der Waals surface area contributed by atoms with Gasteiger partial charge in [-0.1, -0.05) is 31.2 Å². The van der Waals surface area contributed by atoms with Crippen molar-refractivity contribution in [2.75, 3.05) is 7.05 Å². The van der Waals surface area contributed by atoms with Gasteiger partial charge in [-0.2, -0.15) is 0 Å². The highest BCUT2D eigenvalue weighted by Crippen LogP contribution is 2.17. The number of rotatable bonds is 5. The largest absolute Gasteiger partial charge is 0.393 e. The Kier molecular flexibility index (Phi) is 5.56. The van der Waals surface area contributed by atoms with Crippen LogP contribution >= 0.6 is 0 Å². The first-order chi connectivity index (χ1) is 8.53. The molecule has 0 saturated carbocycles. The molecule has 0 radical (unpaired) electrons. The van der Waals surface area contributed by atoms with Crippen LogP contribution in [-0.4, -0.2) is 22.5 Å². The summed E-state index contributed by atoms with van der Waals surface area (Å²) in [5.74, 6) is 0.0105. The van der Waals surface area contributed by atoms with E-state index in [-0.39, 0.29) is 5.92 Å². The first-order valence-electron chi connectivity index (χ1n) is 6.10. The topological polar surface area (TPSA) is 49.7 Å². The fraction of sp³-hybridized carbons (Fsp3) is 0.429. The number of hydrogen-bond donors (Lipinski definition) is 1. The Morgan fingerprint density at radius 2 is 2.00 bits per heavy atom. The first kappa shape index (κ1) is 14.9. The van der Waals surface area contributed by atoms with Crippen LogP contribution in [0.15, 0.2) is 51.1 Å². The monoisotopic (exact) mass is 267 g/mol. The lowest BCUT2D eigenvalue weighted by atomic mass is 10.0. The Bertz CT molecular complexity index is 500. The molecule has 0 aliphatic rings. The average Bonchev–Trinajstić information content (AvgIpc) is 2.39. The highest BCUT2D eigenvalue weighted by molar-refractivity contribution is 7.96. The summed E-state index contributed by atoms with van der Waals surface area (Å²) >= 11 is 0. The molecule has 0 aromatic heterocycles. The summed E-state index contributed by atoms with van der Waals surface area (Å²) in [6.45, 7) is 3.74. The fourth-order valence-electron chi connectivity index (χ4n) is 1.71. The predicted octanol–water partition coefficient (Wildman–Crippen LogP) is 3.06. The van der Waals surface area contributed by atoms with Crippen LogP contribution < -0.4 is 0 Å². The second-order valence-electron chi connectivity index (χ2n) is 4.21. The van der Waals surface area contributed by atoms with Gasteiger partial charge in [-0.05, 0) is 25.5 Å². The molecule has 0 aliphatic heterocycles. The van der Waals surface area contributed by atoms with Crippen molar-refractivity contribution < 1.29 is 9.32 Å². The van der Waals surface area contributed by atoms with Crippen molar-refractivity contribution in [3.63, 3.8) is 0 Å². The molecule has 1 aromatic rings. The summed E-state index contributed by atoms with van der Waals surface area (Å²) in [5, 5.41) is 11.2. The van der Waals surface area contributed by atoms with E-state index in [0.29, 0.717) is 4.90 Å². The van der Waals surface area contributed by atoms with E-state index in [1.807, 2.05) is 43.3 Å². The number of nitrogens with zero attached hydrogens (tertiary/aromatic N) is 1. The van der Waals surface area contributed by atoms with Crippen molar-refractivity contribution >= 4 is 9.73 Å². The second-order valence-corrected chi connectivity index (χ2v) is 6.45. The summed E-state index contributed by atoms with van der Waals surface area (Å²) in [6, 6.07) is 9.19. The Labute approximate surface area is 110 Å². The number of hydrogen-bond acceptors (Lipinski definition) is 3. The summed E-state index contributed by atoms with van der Waals surface area (Å²) in [4.78, 5) is 0.698. The minimum absolute atomic E-state index is 0.0105. The molecule has 0 fully saturated rings. The van der Waals surface area contributed by atoms with Crippen LogP contribution in [0, 0.1) is 5.92 Å². The van der Waals surface area contributed by atoms with Gasteiger partial charge in [0.1, 0.15) is 0 Å². The Morgan fingerprint density at radius 3 is 2.44 bits per heavy atom. The third-order valence-electron chi connectivity index (χ3n) is 2.95. The highest BCUT2D eigenvalue weighted by atomic mass is 32.2. The van der Waals surface area contributed by atoms with Gasteiger partial charge in [0.2, 0.25) is 0 Å². The maximum Gasteiger partial charge on any atom is 0.0963 e. The van der Waals surface area contributed by atoms with Gasteiger partial charge in [0.05, 0.1) is 20.7 Å². The van der Waals surface area contributed by atoms with E-state index in [1.165, 1.54) is 0 Å². The molecule has 0 amide bonds. The average molecular weight is 267 g/mol. The van der Waals surface area contributed by atoms with Crippen LogP contribution in [0.25, 0.3) is 0 Å². The Hall–Kier alpha value is -1.13. The molecule has 3 atom stereocenters. The molecule has 1 rings (SSSR count). The molecule has 0 bridgehead atoms. The molecule has 100 valence electrons. The molecule has 4 heteroatoms. The van der Waals surface area contributed by atoms with E-state index in [9.17, 15) is 9.32 Å². The quantitative estimate of drug-likeness (QED) is 0.891. The molecule has 1 aromatic carbocycles. The van der Waals surface area contributed by atoms with Crippen molar-refractivity contribution in [3.8, 4) is 0 Å². The van der Waals surface area contributed by atoms with Crippen molar-refractivity contribution in [1.29, 1.82) is 0 Å². The molecule has 0 spiro atoms. The summed E-state index contributed by atoms with van der Waals surface area (Å²) in [5.41, 5.74) is 0. The molecule has 1 N–H and O–H groups in total. The van der Waals surface area contributed by atoms with Crippen LogP contribution in [0.1, 0.15) is 20.3 Å². The van der Waals surface area contributed by atoms with Crippen LogP contribution in [0.5, 0.6) is 0 Å². The van der Waals surface area contributed by atoms with Crippen molar-refractivity contribution in [2.45, 2.75) is 31.3 Å². The zero-order valence-corrected chi connectivity index (χ0v) is 11.9. The van der Waals surface area contributed by atoms with E-state index < -0.39 is 15.8 Å². The van der Waals surface area contributed by atoms with Crippen molar-refractivity contribution in [1.82, 2.24) is 0 Å². The summed E-state index contributed by atoms with van der Waals surface area (Å²) < 4.78 is 16.7. The molecule has 0 heterocycles. The molecule has 0 aliphatic carbocycles. The normalized spacial score (nSPS) is 18.2. The Morgan fingerprint density at radius 1 is 1.39 bits per heavy atom. The van der Waals surface area contributed by atoms with Gasteiger partial charge in [-0.3, -0.25) is 0 Å². The lowest BCUT2D eigenvalue weighted by Gasteiger charge is -2.13. The van der Waals surface area contributed by atoms with Gasteiger partial charge in [0, 0.05) is 18.4 Å². The van der Waals surface area contributed by atoms with Gasteiger partial charge in [-0.15, -0.1) is 0 Å². The molecule has 3 nitrogen and oxygen atoms in total. The third-order valence-corrected chi connectivity index (χ3v) is 4.97. The molecule has 18 heavy (non-hydrogen) atoms. The van der Waals surface area contributed by atoms with Gasteiger partial charge in [-0.25, -0.2) is 8.57 Å². The van der Waals surface area contributed by atoms with E-state index in [2.05, 4.69) is 4.36 Å². The van der Waals surface area contributed by atoms with E-state index >= 15 is 0 Å². The molecular formula is C14H21NO2S. The van der Waals surface area contributed by atoms with Crippen molar-refractivity contribution in [3.05, 3.63) is 41.8 Å². The zero-order chi connectivity index (χ0) is 13.6. The first-order valence-corrected chi connectivity index (χ1v) is 7.68. The fourth-order valence-corrected chi connectivity index (χ4v) is 3.16. The van der Waals surface area contributed by atoms with Crippen LogP contribution in [0.3, 0.4) is 0 Å².